The van der Waals surface area contributed by atoms with E-state index in [1.807, 2.05) is 24.3 Å². The fourth-order valence-electron chi connectivity index (χ4n) is 1.50. The van der Waals surface area contributed by atoms with E-state index >= 15 is 0 Å². The first kappa shape index (κ1) is 13.2. The molecule has 0 radical (unpaired) electrons. The van der Waals surface area contributed by atoms with Crippen molar-refractivity contribution in [2.75, 3.05) is 5.32 Å². The Hall–Kier alpha value is -0.830. The Morgan fingerprint density at radius 2 is 2.12 bits per heavy atom. The van der Waals surface area contributed by atoms with Crippen LogP contribution in [0.3, 0.4) is 0 Å². The van der Waals surface area contributed by atoms with Crippen molar-refractivity contribution in [3.05, 3.63) is 28.7 Å². The molecule has 0 saturated heterocycles. The average molecular weight is 284 g/mol. The van der Waals surface area contributed by atoms with Crippen LogP contribution in [0.5, 0.6) is 0 Å². The second kappa shape index (κ2) is 7.44. The van der Waals surface area contributed by atoms with Crippen LogP contribution >= 0.6 is 15.9 Å². The van der Waals surface area contributed by atoms with E-state index < -0.39 is 0 Å². The molecule has 0 aliphatic rings. The number of amides is 1. The lowest BCUT2D eigenvalue weighted by Gasteiger charge is -2.05. The van der Waals surface area contributed by atoms with Gasteiger partial charge in [-0.2, -0.15) is 0 Å². The van der Waals surface area contributed by atoms with E-state index in [1.165, 1.54) is 12.8 Å². The first-order chi connectivity index (χ1) is 7.72. The van der Waals surface area contributed by atoms with E-state index in [9.17, 15) is 4.79 Å². The van der Waals surface area contributed by atoms with Gasteiger partial charge in [-0.25, -0.2) is 0 Å². The van der Waals surface area contributed by atoms with E-state index in [-0.39, 0.29) is 5.91 Å². The number of anilines is 1. The summed E-state index contributed by atoms with van der Waals surface area (Å²) < 4.78 is 0.983. The number of halogens is 1. The largest absolute Gasteiger partial charge is 0.326 e. The summed E-state index contributed by atoms with van der Waals surface area (Å²) in [5.74, 6) is 0.106. The van der Waals surface area contributed by atoms with Crippen molar-refractivity contribution in [3.8, 4) is 0 Å². The summed E-state index contributed by atoms with van der Waals surface area (Å²) in [6, 6.07) is 7.66. The molecule has 3 heteroatoms. The molecule has 0 saturated carbocycles. The molecule has 0 spiro atoms. The number of nitrogens with one attached hydrogen (secondary N) is 1. The summed E-state index contributed by atoms with van der Waals surface area (Å²) >= 11 is 3.37. The highest BCUT2D eigenvalue weighted by Gasteiger charge is 2.01. The molecular formula is C13H18BrNO. The van der Waals surface area contributed by atoms with Gasteiger partial charge in [0.15, 0.2) is 0 Å². The van der Waals surface area contributed by atoms with Gasteiger partial charge >= 0.3 is 0 Å². The second-order valence-corrected chi connectivity index (χ2v) is 4.78. The fraction of sp³-hybridized carbons (Fsp3) is 0.462. The van der Waals surface area contributed by atoms with Gasteiger partial charge in [-0.15, -0.1) is 0 Å². The molecular weight excluding hydrogens is 266 g/mol. The van der Waals surface area contributed by atoms with Crippen molar-refractivity contribution < 1.29 is 4.79 Å². The molecule has 0 unspecified atom stereocenters. The lowest BCUT2D eigenvalue weighted by molar-refractivity contribution is -0.116. The van der Waals surface area contributed by atoms with Crippen LogP contribution in [-0.4, -0.2) is 5.91 Å². The highest BCUT2D eigenvalue weighted by Crippen LogP contribution is 2.16. The third-order valence-electron chi connectivity index (χ3n) is 2.37. The van der Waals surface area contributed by atoms with Crippen molar-refractivity contribution in [2.45, 2.75) is 39.0 Å². The fourth-order valence-corrected chi connectivity index (χ4v) is 1.90. The van der Waals surface area contributed by atoms with Crippen molar-refractivity contribution in [3.63, 3.8) is 0 Å². The summed E-state index contributed by atoms with van der Waals surface area (Å²) in [5.41, 5.74) is 0.856. The van der Waals surface area contributed by atoms with E-state index in [4.69, 9.17) is 0 Å². The van der Waals surface area contributed by atoms with E-state index in [0.717, 1.165) is 23.0 Å². The smallest absolute Gasteiger partial charge is 0.224 e. The monoisotopic (exact) mass is 283 g/mol. The zero-order valence-electron chi connectivity index (χ0n) is 9.63. The van der Waals surface area contributed by atoms with Crippen molar-refractivity contribution in [1.82, 2.24) is 0 Å². The van der Waals surface area contributed by atoms with Crippen LogP contribution in [0.25, 0.3) is 0 Å². The maximum absolute atomic E-state index is 11.6. The molecule has 1 amide bonds. The molecule has 0 aliphatic heterocycles. The van der Waals surface area contributed by atoms with E-state index in [1.54, 1.807) is 0 Å². The SMILES string of the molecule is CCCCCCC(=O)Nc1cccc(Br)c1. The predicted octanol–water partition coefficient (Wildman–Crippen LogP) is 4.36. The first-order valence-corrected chi connectivity index (χ1v) is 6.57. The molecule has 2 nitrogen and oxygen atoms in total. The number of unbranched alkanes of at least 4 members (excludes halogenated alkanes) is 3. The molecule has 16 heavy (non-hydrogen) atoms. The van der Waals surface area contributed by atoms with Gasteiger partial charge in [0.2, 0.25) is 5.91 Å². The van der Waals surface area contributed by atoms with Crippen molar-refractivity contribution in [1.29, 1.82) is 0 Å². The van der Waals surface area contributed by atoms with Crippen LogP contribution in [0.2, 0.25) is 0 Å². The summed E-state index contributed by atoms with van der Waals surface area (Å²) in [4.78, 5) is 11.6. The maximum atomic E-state index is 11.6. The number of rotatable bonds is 6. The van der Waals surface area contributed by atoms with Crippen LogP contribution in [0, 0.1) is 0 Å². The highest BCUT2D eigenvalue weighted by molar-refractivity contribution is 9.10. The maximum Gasteiger partial charge on any atom is 0.224 e. The Morgan fingerprint density at radius 3 is 2.81 bits per heavy atom. The van der Waals surface area contributed by atoms with Crippen molar-refractivity contribution >= 4 is 27.5 Å². The van der Waals surface area contributed by atoms with Crippen LogP contribution < -0.4 is 5.32 Å². The second-order valence-electron chi connectivity index (χ2n) is 3.87. The van der Waals surface area contributed by atoms with Gasteiger partial charge in [-0.1, -0.05) is 48.2 Å². The Balaban J connectivity index is 2.29. The van der Waals surface area contributed by atoms with Gasteiger partial charge in [0, 0.05) is 16.6 Å². The van der Waals surface area contributed by atoms with E-state index in [0.29, 0.717) is 6.42 Å². The Bertz CT molecular complexity index is 338. The molecule has 0 aromatic heterocycles. The van der Waals surface area contributed by atoms with Crippen LogP contribution in [0.15, 0.2) is 28.7 Å². The van der Waals surface area contributed by atoms with Gasteiger partial charge in [-0.05, 0) is 24.6 Å². The zero-order chi connectivity index (χ0) is 11.8. The Labute approximate surface area is 106 Å². The summed E-state index contributed by atoms with van der Waals surface area (Å²) in [6.45, 7) is 2.17. The number of hydrogen-bond acceptors (Lipinski definition) is 1. The first-order valence-electron chi connectivity index (χ1n) is 5.78. The van der Waals surface area contributed by atoms with Crippen LogP contribution in [-0.2, 0) is 4.79 Å². The van der Waals surface area contributed by atoms with Crippen molar-refractivity contribution in [2.24, 2.45) is 0 Å². The third-order valence-corrected chi connectivity index (χ3v) is 2.86. The molecule has 0 fully saturated rings. The minimum atomic E-state index is 0.106. The molecule has 1 N–H and O–H groups in total. The number of hydrogen-bond donors (Lipinski definition) is 1. The Kier molecular flexibility index (Phi) is 6.16. The predicted molar refractivity (Wildman–Crippen MR) is 71.5 cm³/mol. The molecule has 0 atom stereocenters. The zero-order valence-corrected chi connectivity index (χ0v) is 11.2. The quantitative estimate of drug-likeness (QED) is 0.773. The summed E-state index contributed by atoms with van der Waals surface area (Å²) in [7, 11) is 0. The van der Waals surface area contributed by atoms with E-state index in [2.05, 4.69) is 28.2 Å². The molecule has 0 aliphatic carbocycles. The number of carbonyl (C=O) groups excluding carboxylic acids is 1. The molecule has 88 valence electrons. The Morgan fingerprint density at radius 1 is 1.31 bits per heavy atom. The van der Waals surface area contributed by atoms with Crippen LogP contribution in [0.1, 0.15) is 39.0 Å². The van der Waals surface area contributed by atoms with Gasteiger partial charge in [-0.3, -0.25) is 4.79 Å². The number of benzene rings is 1. The average Bonchev–Trinajstić information content (AvgIpc) is 2.24. The van der Waals surface area contributed by atoms with Gasteiger partial charge in [0.05, 0.1) is 0 Å². The number of carbonyl (C=O) groups is 1. The standard InChI is InChI=1S/C13H18BrNO/c1-2-3-4-5-9-13(16)15-12-8-6-7-11(14)10-12/h6-8,10H,2-5,9H2,1H3,(H,15,16). The van der Waals surface area contributed by atoms with Gasteiger partial charge in [0.25, 0.3) is 0 Å². The lowest BCUT2D eigenvalue weighted by atomic mass is 10.1. The molecule has 1 aromatic carbocycles. The third kappa shape index (κ3) is 5.31. The molecule has 1 rings (SSSR count). The molecule has 1 aromatic rings. The van der Waals surface area contributed by atoms with Gasteiger partial charge in [0.1, 0.15) is 0 Å². The molecule has 0 heterocycles. The minimum absolute atomic E-state index is 0.106. The minimum Gasteiger partial charge on any atom is -0.326 e. The topological polar surface area (TPSA) is 29.1 Å². The summed E-state index contributed by atoms with van der Waals surface area (Å²) in [6.07, 6.45) is 5.15. The lowest BCUT2D eigenvalue weighted by Crippen LogP contribution is -2.10. The van der Waals surface area contributed by atoms with Gasteiger partial charge < -0.3 is 5.32 Å². The highest BCUT2D eigenvalue weighted by atomic mass is 79.9. The normalized spacial score (nSPS) is 10.1. The summed E-state index contributed by atoms with van der Waals surface area (Å²) in [5, 5.41) is 2.89. The van der Waals surface area contributed by atoms with Crippen LogP contribution in [0.4, 0.5) is 5.69 Å². The molecule has 0 bridgehead atoms.